The summed E-state index contributed by atoms with van der Waals surface area (Å²) in [4.78, 5) is 0. The van der Waals surface area contributed by atoms with Crippen molar-refractivity contribution in [2.24, 2.45) is 23.1 Å². The molecule has 0 spiro atoms. The molecular weight excluding hydrogens is 184 g/mol. The van der Waals surface area contributed by atoms with Gasteiger partial charge in [-0.3, -0.25) is 11.3 Å². The summed E-state index contributed by atoms with van der Waals surface area (Å²) in [7, 11) is 0. The molecule has 15 heavy (non-hydrogen) atoms. The smallest absolute Gasteiger partial charge is 0.0289 e. The maximum Gasteiger partial charge on any atom is 0.0289 e. The molecule has 0 aliphatic heterocycles. The van der Waals surface area contributed by atoms with Crippen LogP contribution in [0.2, 0.25) is 0 Å². The Kier molecular flexibility index (Phi) is 4.60. The summed E-state index contributed by atoms with van der Waals surface area (Å²) in [5, 5.41) is 0. The highest BCUT2D eigenvalue weighted by atomic mass is 15.2. The van der Waals surface area contributed by atoms with Crippen molar-refractivity contribution in [3.63, 3.8) is 0 Å². The average Bonchev–Trinajstić information content (AvgIpc) is 2.52. The van der Waals surface area contributed by atoms with Gasteiger partial charge in [0.1, 0.15) is 0 Å². The predicted molar refractivity (Wildman–Crippen MR) is 66.3 cm³/mol. The van der Waals surface area contributed by atoms with Crippen LogP contribution in [0.3, 0.4) is 0 Å². The summed E-state index contributed by atoms with van der Waals surface area (Å²) >= 11 is 0. The molecule has 3 N–H and O–H groups in total. The number of nitrogens with one attached hydrogen (secondary N) is 1. The first-order valence-electron chi connectivity index (χ1n) is 6.48. The SMILES string of the molecule is CC(C)CC1(C(NN)C(C)C)CCCC1. The highest BCUT2D eigenvalue weighted by Crippen LogP contribution is 2.47. The molecule has 1 aliphatic rings. The lowest BCUT2D eigenvalue weighted by molar-refractivity contribution is 0.122. The largest absolute Gasteiger partial charge is 0.271 e. The van der Waals surface area contributed by atoms with Crippen molar-refractivity contribution in [3.8, 4) is 0 Å². The summed E-state index contributed by atoms with van der Waals surface area (Å²) in [5.41, 5.74) is 3.56. The van der Waals surface area contributed by atoms with Crippen molar-refractivity contribution in [2.45, 2.75) is 65.8 Å². The maximum atomic E-state index is 5.76. The lowest BCUT2D eigenvalue weighted by Crippen LogP contribution is -2.51. The quantitative estimate of drug-likeness (QED) is 0.543. The van der Waals surface area contributed by atoms with Crippen molar-refractivity contribution in [1.82, 2.24) is 5.43 Å². The van der Waals surface area contributed by atoms with Crippen LogP contribution in [0.5, 0.6) is 0 Å². The number of hydrogen-bond acceptors (Lipinski definition) is 2. The van der Waals surface area contributed by atoms with Crippen LogP contribution < -0.4 is 11.3 Å². The summed E-state index contributed by atoms with van der Waals surface area (Å²) in [5.74, 6) is 7.17. The van der Waals surface area contributed by atoms with E-state index in [0.717, 1.165) is 5.92 Å². The Hall–Kier alpha value is -0.0800. The van der Waals surface area contributed by atoms with Crippen LogP contribution in [0, 0.1) is 17.3 Å². The third-order valence-corrected chi connectivity index (χ3v) is 3.92. The van der Waals surface area contributed by atoms with Crippen LogP contribution in [0.4, 0.5) is 0 Å². The van der Waals surface area contributed by atoms with E-state index in [-0.39, 0.29) is 0 Å². The van der Waals surface area contributed by atoms with Gasteiger partial charge in [-0.1, -0.05) is 40.5 Å². The van der Waals surface area contributed by atoms with E-state index in [1.54, 1.807) is 0 Å². The Bertz CT molecular complexity index is 181. The molecule has 0 bridgehead atoms. The van der Waals surface area contributed by atoms with Gasteiger partial charge in [-0.05, 0) is 36.5 Å². The molecule has 0 amide bonds. The zero-order chi connectivity index (χ0) is 11.5. The molecule has 1 fully saturated rings. The molecule has 0 heterocycles. The van der Waals surface area contributed by atoms with Crippen molar-refractivity contribution in [2.75, 3.05) is 0 Å². The third kappa shape index (κ3) is 2.94. The molecular formula is C13H28N2. The van der Waals surface area contributed by atoms with E-state index >= 15 is 0 Å². The Morgan fingerprint density at radius 3 is 2.00 bits per heavy atom. The minimum atomic E-state index is 0.469. The lowest BCUT2D eigenvalue weighted by Gasteiger charge is -2.41. The third-order valence-electron chi connectivity index (χ3n) is 3.92. The fourth-order valence-corrected chi connectivity index (χ4v) is 3.61. The van der Waals surface area contributed by atoms with Gasteiger partial charge in [0.15, 0.2) is 0 Å². The van der Waals surface area contributed by atoms with Gasteiger partial charge in [0.25, 0.3) is 0 Å². The number of hydrogen-bond donors (Lipinski definition) is 2. The topological polar surface area (TPSA) is 38.0 Å². The molecule has 0 saturated heterocycles. The van der Waals surface area contributed by atoms with Gasteiger partial charge >= 0.3 is 0 Å². The van der Waals surface area contributed by atoms with Crippen LogP contribution in [0.25, 0.3) is 0 Å². The molecule has 2 nitrogen and oxygen atoms in total. The number of rotatable bonds is 5. The van der Waals surface area contributed by atoms with E-state index in [1.165, 1.54) is 32.1 Å². The van der Waals surface area contributed by atoms with E-state index in [0.29, 0.717) is 17.4 Å². The van der Waals surface area contributed by atoms with Crippen LogP contribution in [0.1, 0.15) is 59.8 Å². The van der Waals surface area contributed by atoms with Gasteiger partial charge in [0.05, 0.1) is 0 Å². The van der Waals surface area contributed by atoms with Gasteiger partial charge in [0.2, 0.25) is 0 Å². The zero-order valence-corrected chi connectivity index (χ0v) is 10.8. The second kappa shape index (κ2) is 5.31. The van der Waals surface area contributed by atoms with E-state index in [9.17, 15) is 0 Å². The average molecular weight is 212 g/mol. The fourth-order valence-electron chi connectivity index (χ4n) is 3.61. The normalized spacial score (nSPS) is 22.6. The first-order valence-corrected chi connectivity index (χ1v) is 6.48. The standard InChI is InChI=1S/C13H28N2/c1-10(2)9-13(7-5-6-8-13)12(15-14)11(3)4/h10-12,15H,5-9,14H2,1-4H3. The van der Waals surface area contributed by atoms with Crippen LogP contribution in [0.15, 0.2) is 0 Å². The Balaban J connectivity index is 2.78. The molecule has 1 rings (SSSR count). The Labute approximate surface area is 95.0 Å². The second-order valence-electron chi connectivity index (χ2n) is 6.06. The van der Waals surface area contributed by atoms with E-state index in [2.05, 4.69) is 33.1 Å². The van der Waals surface area contributed by atoms with Crippen molar-refractivity contribution < 1.29 is 0 Å². The zero-order valence-electron chi connectivity index (χ0n) is 10.8. The van der Waals surface area contributed by atoms with Crippen LogP contribution in [-0.4, -0.2) is 6.04 Å². The van der Waals surface area contributed by atoms with Crippen molar-refractivity contribution >= 4 is 0 Å². The molecule has 90 valence electrons. The number of nitrogens with two attached hydrogens (primary N) is 1. The monoisotopic (exact) mass is 212 g/mol. The van der Waals surface area contributed by atoms with Crippen LogP contribution in [-0.2, 0) is 0 Å². The van der Waals surface area contributed by atoms with Gasteiger partial charge in [-0.15, -0.1) is 0 Å². The molecule has 0 aromatic rings. The van der Waals surface area contributed by atoms with Gasteiger partial charge < -0.3 is 0 Å². The molecule has 0 radical (unpaired) electrons. The Morgan fingerprint density at radius 2 is 1.67 bits per heavy atom. The van der Waals surface area contributed by atoms with E-state index < -0.39 is 0 Å². The molecule has 2 heteroatoms. The van der Waals surface area contributed by atoms with Crippen LogP contribution >= 0.6 is 0 Å². The molecule has 1 aliphatic carbocycles. The summed E-state index contributed by atoms with van der Waals surface area (Å²) < 4.78 is 0. The predicted octanol–water partition coefficient (Wildman–Crippen LogP) is 3.08. The highest BCUT2D eigenvalue weighted by molar-refractivity contribution is 4.95. The molecule has 1 atom stereocenters. The van der Waals surface area contributed by atoms with Crippen molar-refractivity contribution in [1.29, 1.82) is 0 Å². The van der Waals surface area contributed by atoms with E-state index in [1.807, 2.05) is 0 Å². The maximum absolute atomic E-state index is 5.76. The van der Waals surface area contributed by atoms with Gasteiger partial charge in [-0.2, -0.15) is 0 Å². The minimum Gasteiger partial charge on any atom is -0.271 e. The molecule has 1 unspecified atom stereocenters. The highest BCUT2D eigenvalue weighted by Gasteiger charge is 2.42. The Morgan fingerprint density at radius 1 is 1.13 bits per heavy atom. The van der Waals surface area contributed by atoms with E-state index in [4.69, 9.17) is 5.84 Å². The molecule has 0 aromatic heterocycles. The number of hydrazine groups is 1. The minimum absolute atomic E-state index is 0.469. The fraction of sp³-hybridized carbons (Fsp3) is 1.00. The van der Waals surface area contributed by atoms with Crippen molar-refractivity contribution in [3.05, 3.63) is 0 Å². The molecule has 0 aromatic carbocycles. The second-order valence-corrected chi connectivity index (χ2v) is 6.06. The van der Waals surface area contributed by atoms with Gasteiger partial charge in [0, 0.05) is 6.04 Å². The summed E-state index contributed by atoms with van der Waals surface area (Å²) in [6, 6.07) is 0.488. The first-order chi connectivity index (χ1) is 7.02. The summed E-state index contributed by atoms with van der Waals surface area (Å²) in [6.07, 6.45) is 6.81. The van der Waals surface area contributed by atoms with Gasteiger partial charge in [-0.25, -0.2) is 0 Å². The molecule has 1 saturated carbocycles. The summed E-state index contributed by atoms with van der Waals surface area (Å²) in [6.45, 7) is 9.22. The first kappa shape index (κ1) is 13.0. The lowest BCUT2D eigenvalue weighted by atomic mass is 9.69.